The van der Waals surface area contributed by atoms with E-state index in [1.54, 1.807) is 0 Å². The van der Waals surface area contributed by atoms with Crippen LogP contribution in [-0.4, -0.2) is 50.2 Å². The van der Waals surface area contributed by atoms with Crippen LogP contribution in [0.4, 0.5) is 0 Å². The van der Waals surface area contributed by atoms with Gasteiger partial charge < -0.3 is 4.74 Å². The summed E-state index contributed by atoms with van der Waals surface area (Å²) in [4.78, 5) is 18.0. The first-order valence-corrected chi connectivity index (χ1v) is 17.2. The fourth-order valence-corrected chi connectivity index (χ4v) is 9.88. The van der Waals surface area contributed by atoms with Crippen molar-refractivity contribution in [3.8, 4) is 34.2 Å². The zero-order chi connectivity index (χ0) is 29.0. The van der Waals surface area contributed by atoms with E-state index in [-0.39, 0.29) is 0 Å². The van der Waals surface area contributed by atoms with Crippen LogP contribution in [0.2, 0.25) is 0 Å². The highest BCUT2D eigenvalue weighted by molar-refractivity contribution is 5.66. The van der Waals surface area contributed by atoms with Crippen molar-refractivity contribution in [1.82, 2.24) is 19.9 Å². The standard InChI is InChI=1S/C39H42N4O/c1-3-11-25(12-4-1)37-40-38(26-13-5-2-6-14-26)42-39(41-37)29-16-9-15-27(23-29)28-21-22-32-31(24-28)30-17-10-20-35-36(30)43(32)33-18-7-8-19-34(33)44-35/h1-6,9,11-16,23,28,30-36H,7-8,10,17-22,24H2. The smallest absolute Gasteiger partial charge is 0.164 e. The minimum Gasteiger partial charge on any atom is -0.372 e. The SMILES string of the molecule is c1ccc(-c2nc(-c3ccccc3)nc(-c3cccc(C4CCC5C(C4)C4CCCC6OC7CCCCC7N5C64)c3)n2)cc1. The first-order valence-electron chi connectivity index (χ1n) is 17.2. The Kier molecular flexibility index (Phi) is 6.85. The van der Waals surface area contributed by atoms with Gasteiger partial charge in [0, 0.05) is 34.8 Å². The summed E-state index contributed by atoms with van der Waals surface area (Å²) in [7, 11) is 0. The number of benzene rings is 3. The van der Waals surface area contributed by atoms with Gasteiger partial charge >= 0.3 is 0 Å². The minimum absolute atomic E-state index is 0.474. The second-order valence-electron chi connectivity index (χ2n) is 14.0. The number of aromatic nitrogens is 3. The van der Waals surface area contributed by atoms with Gasteiger partial charge in [0.15, 0.2) is 17.5 Å². The molecule has 3 saturated carbocycles. The van der Waals surface area contributed by atoms with Crippen molar-refractivity contribution in [2.45, 2.75) is 100 Å². The summed E-state index contributed by atoms with van der Waals surface area (Å²) >= 11 is 0. The summed E-state index contributed by atoms with van der Waals surface area (Å²) in [6.07, 6.45) is 14.2. The predicted octanol–water partition coefficient (Wildman–Crippen LogP) is 8.32. The molecular formula is C39H42N4O. The van der Waals surface area contributed by atoms with E-state index in [2.05, 4.69) is 53.4 Å². The van der Waals surface area contributed by atoms with E-state index in [9.17, 15) is 0 Å². The van der Waals surface area contributed by atoms with Gasteiger partial charge in [0.25, 0.3) is 0 Å². The number of ether oxygens (including phenoxy) is 1. The Morgan fingerprint density at radius 1 is 0.545 bits per heavy atom. The molecule has 2 aliphatic heterocycles. The van der Waals surface area contributed by atoms with Gasteiger partial charge in [0.05, 0.1) is 12.2 Å². The lowest BCUT2D eigenvalue weighted by Crippen LogP contribution is -2.63. The summed E-state index contributed by atoms with van der Waals surface area (Å²) in [5.41, 5.74) is 4.56. The van der Waals surface area contributed by atoms with Gasteiger partial charge in [-0.1, -0.05) is 98.1 Å². The lowest BCUT2D eigenvalue weighted by Gasteiger charge is -2.53. The van der Waals surface area contributed by atoms with Gasteiger partial charge in [-0.25, -0.2) is 15.0 Å². The number of morpholine rings is 1. The maximum atomic E-state index is 6.88. The van der Waals surface area contributed by atoms with Crippen molar-refractivity contribution in [2.75, 3.05) is 0 Å². The molecule has 0 N–H and O–H groups in total. The molecule has 0 spiro atoms. The van der Waals surface area contributed by atoms with E-state index in [0.717, 1.165) is 52.0 Å². The van der Waals surface area contributed by atoms with Crippen LogP contribution in [-0.2, 0) is 4.74 Å². The van der Waals surface area contributed by atoms with Crippen molar-refractivity contribution in [3.63, 3.8) is 0 Å². The maximum absolute atomic E-state index is 6.88. The van der Waals surface area contributed by atoms with Gasteiger partial charge in [0.2, 0.25) is 0 Å². The highest BCUT2D eigenvalue weighted by Crippen LogP contribution is 2.56. The maximum Gasteiger partial charge on any atom is 0.164 e. The van der Waals surface area contributed by atoms with E-state index in [1.807, 2.05) is 36.4 Å². The van der Waals surface area contributed by atoms with Gasteiger partial charge in [-0.15, -0.1) is 0 Å². The average Bonchev–Trinajstić information content (AvgIpc) is 3.44. The summed E-state index contributed by atoms with van der Waals surface area (Å²) in [6, 6.07) is 31.8. The lowest BCUT2D eigenvalue weighted by molar-refractivity contribution is -0.177. The molecule has 5 heteroatoms. The molecule has 8 atom stereocenters. The van der Waals surface area contributed by atoms with E-state index in [4.69, 9.17) is 19.7 Å². The fraction of sp³-hybridized carbons (Fsp3) is 0.462. The zero-order valence-corrected chi connectivity index (χ0v) is 25.5. The first-order chi connectivity index (χ1) is 21.8. The quantitative estimate of drug-likeness (QED) is 0.242. The predicted molar refractivity (Wildman–Crippen MR) is 174 cm³/mol. The average molecular weight is 583 g/mol. The molecule has 8 unspecified atom stereocenters. The Morgan fingerprint density at radius 2 is 1.20 bits per heavy atom. The van der Waals surface area contributed by atoms with Crippen molar-refractivity contribution in [2.24, 2.45) is 11.8 Å². The molecule has 224 valence electrons. The van der Waals surface area contributed by atoms with Crippen LogP contribution < -0.4 is 0 Å². The zero-order valence-electron chi connectivity index (χ0n) is 25.5. The second-order valence-corrected chi connectivity index (χ2v) is 14.0. The molecule has 1 aromatic heterocycles. The Balaban J connectivity index is 1.03. The largest absolute Gasteiger partial charge is 0.372 e. The molecule has 0 radical (unpaired) electrons. The summed E-state index contributed by atoms with van der Waals surface area (Å²) in [5.74, 6) is 4.38. The number of rotatable bonds is 4. The molecule has 3 aliphatic carbocycles. The third kappa shape index (κ3) is 4.62. The van der Waals surface area contributed by atoms with Crippen molar-refractivity contribution >= 4 is 0 Å². The minimum atomic E-state index is 0.474. The van der Waals surface area contributed by atoms with Gasteiger partial charge in [-0.05, 0) is 74.3 Å². The molecule has 44 heavy (non-hydrogen) atoms. The third-order valence-corrected chi connectivity index (χ3v) is 11.7. The van der Waals surface area contributed by atoms with Crippen LogP contribution in [0.3, 0.4) is 0 Å². The van der Waals surface area contributed by atoms with Crippen LogP contribution in [0.15, 0.2) is 84.9 Å². The third-order valence-electron chi connectivity index (χ3n) is 11.7. The van der Waals surface area contributed by atoms with E-state index in [0.29, 0.717) is 30.2 Å². The normalized spacial score (nSPS) is 32.8. The fourth-order valence-electron chi connectivity index (χ4n) is 9.88. The molecule has 0 amide bonds. The van der Waals surface area contributed by atoms with Gasteiger partial charge in [-0.2, -0.15) is 0 Å². The Labute approximate surface area is 261 Å². The van der Waals surface area contributed by atoms with E-state index in [1.165, 1.54) is 69.8 Å². The Bertz CT molecular complexity index is 1570. The van der Waals surface area contributed by atoms with E-state index >= 15 is 0 Å². The highest BCUT2D eigenvalue weighted by atomic mass is 16.5. The van der Waals surface area contributed by atoms with Crippen LogP contribution in [0.1, 0.15) is 75.7 Å². The number of hydrogen-bond acceptors (Lipinski definition) is 5. The number of fused-ring (bicyclic) bond motifs is 5. The monoisotopic (exact) mass is 582 g/mol. The van der Waals surface area contributed by atoms with Gasteiger partial charge in [0.1, 0.15) is 0 Å². The summed E-state index contributed by atoms with van der Waals surface area (Å²) in [6.45, 7) is 0. The van der Waals surface area contributed by atoms with Crippen LogP contribution >= 0.6 is 0 Å². The molecule has 5 nitrogen and oxygen atoms in total. The summed E-state index contributed by atoms with van der Waals surface area (Å²) < 4.78 is 6.88. The van der Waals surface area contributed by atoms with E-state index < -0.39 is 0 Å². The topological polar surface area (TPSA) is 51.1 Å². The molecule has 3 heterocycles. The molecule has 5 fully saturated rings. The second kappa shape index (κ2) is 11.2. The molecule has 3 aromatic carbocycles. The molecule has 5 aliphatic rings. The number of hydrogen-bond donors (Lipinski definition) is 0. The van der Waals surface area contributed by atoms with Crippen molar-refractivity contribution in [3.05, 3.63) is 90.5 Å². The van der Waals surface area contributed by atoms with Crippen molar-refractivity contribution in [1.29, 1.82) is 0 Å². The summed E-state index contributed by atoms with van der Waals surface area (Å²) in [5, 5.41) is 0. The van der Waals surface area contributed by atoms with Crippen LogP contribution in [0.25, 0.3) is 34.2 Å². The molecule has 0 bridgehead atoms. The molecule has 2 saturated heterocycles. The molecular weight excluding hydrogens is 540 g/mol. The number of nitrogens with zero attached hydrogens (tertiary/aromatic N) is 4. The lowest BCUT2D eigenvalue weighted by atomic mass is 9.68. The van der Waals surface area contributed by atoms with Crippen LogP contribution in [0, 0.1) is 11.8 Å². The highest BCUT2D eigenvalue weighted by Gasteiger charge is 2.59. The van der Waals surface area contributed by atoms with Crippen LogP contribution in [0.5, 0.6) is 0 Å². The van der Waals surface area contributed by atoms with Gasteiger partial charge in [-0.3, -0.25) is 4.90 Å². The van der Waals surface area contributed by atoms with Crippen molar-refractivity contribution < 1.29 is 4.74 Å². The molecule has 9 rings (SSSR count). The Morgan fingerprint density at radius 3 is 1.95 bits per heavy atom. The Hall–Kier alpha value is -3.41. The molecule has 4 aromatic rings. The first kappa shape index (κ1) is 26.9.